The van der Waals surface area contributed by atoms with Gasteiger partial charge in [0.25, 0.3) is 0 Å². The van der Waals surface area contributed by atoms with Crippen molar-refractivity contribution >= 4 is 0 Å². The maximum Gasteiger partial charge on any atom is 0.0819 e. The molecule has 0 aliphatic rings. The molecule has 0 spiro atoms. The Morgan fingerprint density at radius 2 is 1.71 bits per heavy atom. The largest absolute Gasteiger partial charge is 0.388 e. The summed E-state index contributed by atoms with van der Waals surface area (Å²) in [6, 6.07) is 4.26. The van der Waals surface area contributed by atoms with Crippen LogP contribution in [-0.2, 0) is 4.74 Å². The second-order valence-electron chi connectivity index (χ2n) is 5.00. The van der Waals surface area contributed by atoms with Crippen molar-refractivity contribution in [3.05, 3.63) is 34.4 Å². The van der Waals surface area contributed by atoms with Gasteiger partial charge in [0, 0.05) is 13.7 Å². The van der Waals surface area contributed by atoms with E-state index in [9.17, 15) is 5.11 Å². The molecule has 0 aromatic heterocycles. The minimum Gasteiger partial charge on any atom is -0.388 e. The van der Waals surface area contributed by atoms with Gasteiger partial charge < -0.3 is 9.84 Å². The smallest absolute Gasteiger partial charge is 0.0819 e. The molecule has 2 nitrogen and oxygen atoms in total. The number of methoxy groups -OCH3 is 1. The van der Waals surface area contributed by atoms with Crippen molar-refractivity contribution < 1.29 is 9.84 Å². The minimum absolute atomic E-state index is 0.218. The Morgan fingerprint density at radius 3 is 2.29 bits per heavy atom. The molecule has 1 aromatic carbocycles. The Balaban J connectivity index is 2.88. The molecule has 96 valence electrons. The molecule has 17 heavy (non-hydrogen) atoms. The van der Waals surface area contributed by atoms with Gasteiger partial charge in [0.05, 0.1) is 6.10 Å². The molecule has 2 atom stereocenters. The Morgan fingerprint density at radius 1 is 1.12 bits per heavy atom. The summed E-state index contributed by atoms with van der Waals surface area (Å²) >= 11 is 0. The molecule has 2 heteroatoms. The molecule has 0 aliphatic carbocycles. The van der Waals surface area contributed by atoms with Crippen LogP contribution in [0.2, 0.25) is 0 Å². The van der Waals surface area contributed by atoms with Gasteiger partial charge in [-0.3, -0.25) is 0 Å². The van der Waals surface area contributed by atoms with Crippen LogP contribution in [0, 0.1) is 26.7 Å². The Bertz CT molecular complexity index is 371. The van der Waals surface area contributed by atoms with E-state index < -0.39 is 6.10 Å². The lowest BCUT2D eigenvalue weighted by molar-refractivity contribution is 0.0881. The second kappa shape index (κ2) is 6.18. The van der Waals surface area contributed by atoms with Gasteiger partial charge in [-0.15, -0.1) is 0 Å². The molecule has 0 amide bonds. The van der Waals surface area contributed by atoms with Crippen LogP contribution in [0.15, 0.2) is 12.1 Å². The zero-order chi connectivity index (χ0) is 13.0. The zero-order valence-corrected chi connectivity index (χ0v) is 11.6. The summed E-state index contributed by atoms with van der Waals surface area (Å²) in [4.78, 5) is 0. The Hall–Kier alpha value is -0.860. The van der Waals surface area contributed by atoms with Crippen molar-refractivity contribution in [1.29, 1.82) is 0 Å². The molecule has 0 saturated heterocycles. The lowest BCUT2D eigenvalue weighted by atomic mass is 9.90. The highest BCUT2D eigenvalue weighted by Crippen LogP contribution is 2.28. The second-order valence-corrected chi connectivity index (χ2v) is 5.00. The highest BCUT2D eigenvalue weighted by atomic mass is 16.5. The van der Waals surface area contributed by atoms with Gasteiger partial charge in [0.2, 0.25) is 0 Å². The average Bonchev–Trinajstić information content (AvgIpc) is 2.29. The number of ether oxygens (including phenoxy) is 1. The molecule has 1 rings (SSSR count). The van der Waals surface area contributed by atoms with E-state index in [1.807, 2.05) is 0 Å². The number of aliphatic hydroxyl groups is 1. The van der Waals surface area contributed by atoms with Gasteiger partial charge in [-0.05, 0) is 55.4 Å². The molecular weight excluding hydrogens is 212 g/mol. The molecule has 0 saturated carbocycles. The summed E-state index contributed by atoms with van der Waals surface area (Å²) in [7, 11) is 1.69. The summed E-state index contributed by atoms with van der Waals surface area (Å²) in [6.45, 7) is 9.02. The predicted molar refractivity (Wildman–Crippen MR) is 71.3 cm³/mol. The van der Waals surface area contributed by atoms with Crippen LogP contribution in [0.25, 0.3) is 0 Å². The highest BCUT2D eigenvalue weighted by molar-refractivity contribution is 5.37. The summed E-state index contributed by atoms with van der Waals surface area (Å²) in [5.41, 5.74) is 4.74. The number of rotatable bonds is 5. The number of hydrogen-bond donors (Lipinski definition) is 1. The van der Waals surface area contributed by atoms with Gasteiger partial charge >= 0.3 is 0 Å². The van der Waals surface area contributed by atoms with E-state index in [1.54, 1.807) is 7.11 Å². The number of aryl methyl sites for hydroxylation is 3. The third-order valence-electron chi connectivity index (χ3n) is 3.52. The molecule has 1 N–H and O–H groups in total. The summed E-state index contributed by atoms with van der Waals surface area (Å²) in [6.07, 6.45) is 0.480. The van der Waals surface area contributed by atoms with Gasteiger partial charge in [-0.2, -0.15) is 0 Å². The first kappa shape index (κ1) is 14.2. The first-order valence-electron chi connectivity index (χ1n) is 6.22. The average molecular weight is 236 g/mol. The standard InChI is InChI=1S/C15H24O2/c1-10(6-7-17-5)15(16)14-9-12(3)11(2)8-13(14)4/h8-10,15-16H,6-7H2,1-5H3. The maximum absolute atomic E-state index is 10.4. The third-order valence-corrected chi connectivity index (χ3v) is 3.52. The van der Waals surface area contributed by atoms with Crippen molar-refractivity contribution in [2.24, 2.45) is 5.92 Å². The summed E-state index contributed by atoms with van der Waals surface area (Å²) < 4.78 is 5.06. The molecule has 0 bridgehead atoms. The van der Waals surface area contributed by atoms with Crippen molar-refractivity contribution in [1.82, 2.24) is 0 Å². The Kier molecular flexibility index (Phi) is 5.16. The highest BCUT2D eigenvalue weighted by Gasteiger charge is 2.18. The van der Waals surface area contributed by atoms with Crippen molar-refractivity contribution in [2.45, 2.75) is 40.2 Å². The van der Waals surface area contributed by atoms with Crippen LogP contribution in [0.1, 0.15) is 41.7 Å². The van der Waals surface area contributed by atoms with Crippen LogP contribution < -0.4 is 0 Å². The van der Waals surface area contributed by atoms with Crippen LogP contribution >= 0.6 is 0 Å². The fourth-order valence-electron chi connectivity index (χ4n) is 2.07. The lowest BCUT2D eigenvalue weighted by Gasteiger charge is -2.21. The molecule has 0 aliphatic heterocycles. The van der Waals surface area contributed by atoms with Gasteiger partial charge in [-0.1, -0.05) is 19.1 Å². The minimum atomic E-state index is -0.399. The first-order chi connectivity index (χ1) is 7.97. The van der Waals surface area contributed by atoms with Crippen LogP contribution in [0.4, 0.5) is 0 Å². The van der Waals surface area contributed by atoms with E-state index >= 15 is 0 Å². The van der Waals surface area contributed by atoms with E-state index in [2.05, 4.69) is 39.8 Å². The first-order valence-corrected chi connectivity index (χ1v) is 6.22. The van der Waals surface area contributed by atoms with Gasteiger partial charge in [0.1, 0.15) is 0 Å². The number of hydrogen-bond acceptors (Lipinski definition) is 2. The Labute approximate surface area is 105 Å². The normalized spacial score (nSPS) is 14.7. The number of aliphatic hydroxyl groups excluding tert-OH is 1. The quantitative estimate of drug-likeness (QED) is 0.850. The zero-order valence-electron chi connectivity index (χ0n) is 11.6. The third kappa shape index (κ3) is 3.55. The topological polar surface area (TPSA) is 29.5 Å². The van der Waals surface area contributed by atoms with Crippen LogP contribution in [0.3, 0.4) is 0 Å². The molecular formula is C15H24O2. The maximum atomic E-state index is 10.4. The van der Waals surface area contributed by atoms with E-state index in [0.29, 0.717) is 6.61 Å². The van der Waals surface area contributed by atoms with E-state index in [1.165, 1.54) is 16.7 Å². The van der Waals surface area contributed by atoms with Crippen LogP contribution in [0.5, 0.6) is 0 Å². The molecule has 1 aromatic rings. The molecule has 0 radical (unpaired) electrons. The van der Waals surface area contributed by atoms with E-state index in [4.69, 9.17) is 4.74 Å². The van der Waals surface area contributed by atoms with Crippen molar-refractivity contribution in [3.63, 3.8) is 0 Å². The molecule has 0 heterocycles. The molecule has 2 unspecified atom stereocenters. The molecule has 0 fully saturated rings. The summed E-state index contributed by atoms with van der Waals surface area (Å²) in [5, 5.41) is 10.4. The van der Waals surface area contributed by atoms with E-state index in [-0.39, 0.29) is 5.92 Å². The number of benzene rings is 1. The van der Waals surface area contributed by atoms with Gasteiger partial charge in [-0.25, -0.2) is 0 Å². The van der Waals surface area contributed by atoms with Crippen molar-refractivity contribution in [2.75, 3.05) is 13.7 Å². The van der Waals surface area contributed by atoms with Crippen molar-refractivity contribution in [3.8, 4) is 0 Å². The van der Waals surface area contributed by atoms with Gasteiger partial charge in [0.15, 0.2) is 0 Å². The monoisotopic (exact) mass is 236 g/mol. The predicted octanol–water partition coefficient (Wildman–Crippen LogP) is 3.32. The SMILES string of the molecule is COCCC(C)C(O)c1cc(C)c(C)cc1C. The van der Waals surface area contributed by atoms with Crippen LogP contribution in [-0.4, -0.2) is 18.8 Å². The fraction of sp³-hybridized carbons (Fsp3) is 0.600. The van der Waals surface area contributed by atoms with E-state index in [0.717, 1.165) is 12.0 Å². The summed E-state index contributed by atoms with van der Waals surface area (Å²) in [5.74, 6) is 0.218. The lowest BCUT2D eigenvalue weighted by Crippen LogP contribution is -2.13. The fourth-order valence-corrected chi connectivity index (χ4v) is 2.07.